The van der Waals surface area contributed by atoms with Crippen molar-refractivity contribution in [1.82, 2.24) is 4.90 Å². The smallest absolute Gasteiger partial charge is 0.264 e. The van der Waals surface area contributed by atoms with Crippen LogP contribution in [-0.4, -0.2) is 38.9 Å². The molecule has 0 radical (unpaired) electrons. The molecule has 0 saturated carbocycles. The van der Waals surface area contributed by atoms with Gasteiger partial charge in [-0.1, -0.05) is 42.8 Å². The normalized spacial score (nSPS) is 15.5. The number of piperidine rings is 1. The van der Waals surface area contributed by atoms with Gasteiger partial charge < -0.3 is 4.90 Å². The molecule has 2 aromatic carbocycles. The highest BCUT2D eigenvalue weighted by atomic mass is 35.5. The van der Waals surface area contributed by atoms with Gasteiger partial charge in [-0.25, -0.2) is 8.42 Å². The molecule has 28 heavy (non-hydrogen) atoms. The van der Waals surface area contributed by atoms with Gasteiger partial charge in [-0.15, -0.1) is 0 Å². The Morgan fingerprint density at radius 3 is 2.39 bits per heavy atom. The number of rotatable bonds is 5. The summed E-state index contributed by atoms with van der Waals surface area (Å²) in [6, 6.07) is 13.2. The summed E-state index contributed by atoms with van der Waals surface area (Å²) < 4.78 is 27.8. The lowest BCUT2D eigenvalue weighted by Gasteiger charge is -2.32. The summed E-state index contributed by atoms with van der Waals surface area (Å²) in [5, 5.41) is 0.463. The van der Waals surface area contributed by atoms with Crippen LogP contribution in [-0.2, 0) is 14.8 Å². The summed E-state index contributed by atoms with van der Waals surface area (Å²) >= 11 is 6.24. The second-order valence-electron chi connectivity index (χ2n) is 7.32. The Morgan fingerprint density at radius 2 is 1.79 bits per heavy atom. The fourth-order valence-electron chi connectivity index (χ4n) is 3.25. The van der Waals surface area contributed by atoms with Crippen LogP contribution < -0.4 is 4.31 Å². The van der Waals surface area contributed by atoms with E-state index < -0.39 is 10.0 Å². The summed E-state index contributed by atoms with van der Waals surface area (Å²) in [5.74, 6) is 0.396. The number of likely N-dealkylation sites (tertiary alicyclic amines) is 1. The molecule has 7 heteroatoms. The van der Waals surface area contributed by atoms with Gasteiger partial charge in [0.15, 0.2) is 0 Å². The number of nitrogens with zero attached hydrogens (tertiary/aromatic N) is 2. The number of carbonyl (C=O) groups is 1. The zero-order valence-corrected chi connectivity index (χ0v) is 17.7. The molecule has 0 unspecified atom stereocenters. The van der Waals surface area contributed by atoms with Gasteiger partial charge in [0, 0.05) is 18.1 Å². The van der Waals surface area contributed by atoms with Crippen LogP contribution in [0.25, 0.3) is 0 Å². The zero-order valence-electron chi connectivity index (χ0n) is 16.1. The number of sulfonamides is 1. The molecule has 1 aliphatic rings. The molecule has 0 spiro atoms. The van der Waals surface area contributed by atoms with E-state index in [0.29, 0.717) is 29.7 Å². The van der Waals surface area contributed by atoms with E-state index in [-0.39, 0.29) is 17.3 Å². The van der Waals surface area contributed by atoms with Gasteiger partial charge in [0.2, 0.25) is 5.91 Å². The molecule has 0 aliphatic carbocycles. The molecule has 1 aliphatic heterocycles. The Hall–Kier alpha value is -2.05. The third-order valence-corrected chi connectivity index (χ3v) is 7.39. The number of hydrogen-bond acceptors (Lipinski definition) is 3. The summed E-state index contributed by atoms with van der Waals surface area (Å²) in [5.41, 5.74) is 1.23. The maximum atomic E-state index is 13.3. The van der Waals surface area contributed by atoms with Gasteiger partial charge in [-0.05, 0) is 55.5 Å². The van der Waals surface area contributed by atoms with Crippen molar-refractivity contribution < 1.29 is 13.2 Å². The third-order valence-electron chi connectivity index (χ3n) is 5.19. The lowest BCUT2D eigenvalue weighted by molar-refractivity contribution is -0.130. The van der Waals surface area contributed by atoms with E-state index in [4.69, 9.17) is 11.6 Å². The molecule has 0 atom stereocenters. The van der Waals surface area contributed by atoms with Gasteiger partial charge in [-0.3, -0.25) is 9.10 Å². The van der Waals surface area contributed by atoms with Crippen LogP contribution in [0.4, 0.5) is 5.69 Å². The van der Waals surface area contributed by atoms with E-state index >= 15 is 0 Å². The molecular weight excluding hydrogens is 396 g/mol. The fourth-order valence-corrected chi connectivity index (χ4v) is 4.85. The average molecular weight is 421 g/mol. The molecule has 0 N–H and O–H groups in total. The summed E-state index contributed by atoms with van der Waals surface area (Å²) in [6.45, 7) is 5.09. The molecule has 5 nitrogen and oxygen atoms in total. The maximum absolute atomic E-state index is 13.3. The second kappa shape index (κ2) is 8.53. The summed E-state index contributed by atoms with van der Waals surface area (Å²) in [7, 11) is -3.90. The standard InChI is InChI=1S/C21H25ClN2O3S/c1-16-10-12-23(13-11-16)21(25)15-24(18-9-8-17(2)20(22)14-18)28(26,27)19-6-4-3-5-7-19/h3-9,14,16H,10-13,15H2,1-2H3. The fraction of sp³-hybridized carbons (Fsp3) is 0.381. The van der Waals surface area contributed by atoms with E-state index in [1.807, 2.05) is 6.92 Å². The van der Waals surface area contributed by atoms with E-state index in [1.54, 1.807) is 41.3 Å². The molecule has 1 heterocycles. The minimum atomic E-state index is -3.90. The van der Waals surface area contributed by atoms with E-state index in [0.717, 1.165) is 22.7 Å². The number of benzene rings is 2. The van der Waals surface area contributed by atoms with Crippen molar-refractivity contribution >= 4 is 33.2 Å². The Labute approximate surface area is 172 Å². The highest BCUT2D eigenvalue weighted by molar-refractivity contribution is 7.92. The van der Waals surface area contributed by atoms with Crippen LogP contribution in [0, 0.1) is 12.8 Å². The number of carbonyl (C=O) groups excluding carboxylic acids is 1. The van der Waals surface area contributed by atoms with E-state index in [9.17, 15) is 13.2 Å². The van der Waals surface area contributed by atoms with Gasteiger partial charge in [-0.2, -0.15) is 0 Å². The first-order chi connectivity index (χ1) is 13.3. The Kier molecular flexibility index (Phi) is 6.30. The highest BCUT2D eigenvalue weighted by Crippen LogP contribution is 2.28. The van der Waals surface area contributed by atoms with Crippen molar-refractivity contribution in [2.75, 3.05) is 23.9 Å². The third kappa shape index (κ3) is 4.50. The summed E-state index contributed by atoms with van der Waals surface area (Å²) in [6.07, 6.45) is 1.88. The van der Waals surface area contributed by atoms with Crippen LogP contribution >= 0.6 is 11.6 Å². The van der Waals surface area contributed by atoms with Gasteiger partial charge in [0.25, 0.3) is 10.0 Å². The minimum absolute atomic E-state index is 0.145. The van der Waals surface area contributed by atoms with Crippen molar-refractivity contribution in [3.63, 3.8) is 0 Å². The topological polar surface area (TPSA) is 57.7 Å². The Balaban J connectivity index is 1.95. The number of halogens is 1. The molecule has 1 amide bonds. The van der Waals surface area contributed by atoms with Crippen LogP contribution in [0.1, 0.15) is 25.3 Å². The molecule has 1 fully saturated rings. The molecule has 150 valence electrons. The molecule has 2 aromatic rings. The van der Waals surface area contributed by atoms with Crippen molar-refractivity contribution in [3.05, 3.63) is 59.1 Å². The number of hydrogen-bond donors (Lipinski definition) is 0. The van der Waals surface area contributed by atoms with Gasteiger partial charge in [0.05, 0.1) is 10.6 Å². The maximum Gasteiger partial charge on any atom is 0.264 e. The molecular formula is C21H25ClN2O3S. The number of aryl methyl sites for hydroxylation is 1. The zero-order chi connectivity index (χ0) is 20.3. The molecule has 1 saturated heterocycles. The predicted molar refractivity (Wildman–Crippen MR) is 112 cm³/mol. The first-order valence-electron chi connectivity index (χ1n) is 9.41. The van der Waals surface area contributed by atoms with Crippen LogP contribution in [0.2, 0.25) is 5.02 Å². The molecule has 0 bridgehead atoms. The average Bonchev–Trinajstić information content (AvgIpc) is 2.69. The summed E-state index contributed by atoms with van der Waals surface area (Å²) in [4.78, 5) is 14.8. The van der Waals surface area contributed by atoms with Crippen molar-refractivity contribution in [3.8, 4) is 0 Å². The second-order valence-corrected chi connectivity index (χ2v) is 9.59. The Morgan fingerprint density at radius 1 is 1.14 bits per heavy atom. The first-order valence-corrected chi connectivity index (χ1v) is 11.2. The van der Waals surface area contributed by atoms with Crippen LogP contribution in [0.3, 0.4) is 0 Å². The quantitative estimate of drug-likeness (QED) is 0.731. The van der Waals surface area contributed by atoms with Crippen LogP contribution in [0.5, 0.6) is 0 Å². The van der Waals surface area contributed by atoms with E-state index in [2.05, 4.69) is 6.92 Å². The lowest BCUT2D eigenvalue weighted by Crippen LogP contribution is -2.45. The number of anilines is 1. The largest absolute Gasteiger partial charge is 0.341 e. The van der Waals surface area contributed by atoms with Gasteiger partial charge >= 0.3 is 0 Å². The predicted octanol–water partition coefficient (Wildman–Crippen LogP) is 4.10. The molecule has 3 rings (SSSR count). The monoisotopic (exact) mass is 420 g/mol. The SMILES string of the molecule is Cc1ccc(N(CC(=O)N2CCC(C)CC2)S(=O)(=O)c2ccccc2)cc1Cl. The number of amides is 1. The highest BCUT2D eigenvalue weighted by Gasteiger charge is 2.30. The molecule has 0 aromatic heterocycles. The first kappa shape index (κ1) is 20.7. The lowest BCUT2D eigenvalue weighted by atomic mass is 9.99. The van der Waals surface area contributed by atoms with E-state index in [1.165, 1.54) is 12.1 Å². The minimum Gasteiger partial charge on any atom is -0.341 e. The van der Waals surface area contributed by atoms with Gasteiger partial charge in [0.1, 0.15) is 6.54 Å². The Bertz CT molecular complexity index is 939. The van der Waals surface area contributed by atoms with Crippen molar-refractivity contribution in [2.45, 2.75) is 31.6 Å². The van der Waals surface area contributed by atoms with Crippen molar-refractivity contribution in [1.29, 1.82) is 0 Å². The van der Waals surface area contributed by atoms with Crippen LogP contribution in [0.15, 0.2) is 53.4 Å². The van der Waals surface area contributed by atoms with Crippen molar-refractivity contribution in [2.24, 2.45) is 5.92 Å².